The molecule has 1 fully saturated rings. The van der Waals surface area contributed by atoms with E-state index in [1.54, 1.807) is 17.2 Å². The molecule has 0 saturated carbocycles. The van der Waals surface area contributed by atoms with E-state index in [1.807, 2.05) is 0 Å². The van der Waals surface area contributed by atoms with Gasteiger partial charge in [0.2, 0.25) is 5.95 Å². The standard InChI is InChI=1S/C16H17F2N5O/c17-11-6-12(18)8-13(7-11)21-16(24)23-5-1-2-10(9-23)14-3-4-20-15(19)22-14/h3-4,6-8,10H,1-2,5,9H2,(H,21,24)(H2,19,20,22)/t10-/m0/s1. The van der Waals surface area contributed by atoms with Crippen LogP contribution in [0, 0.1) is 11.6 Å². The predicted octanol–water partition coefficient (Wildman–Crippen LogP) is 2.75. The molecule has 1 aromatic carbocycles. The number of piperidine rings is 1. The number of nitrogen functional groups attached to an aromatic ring is 1. The van der Waals surface area contributed by atoms with Gasteiger partial charge in [0.15, 0.2) is 0 Å². The lowest BCUT2D eigenvalue weighted by Crippen LogP contribution is -2.41. The van der Waals surface area contributed by atoms with Crippen molar-refractivity contribution in [3.05, 3.63) is 47.8 Å². The molecule has 8 heteroatoms. The number of anilines is 2. The lowest BCUT2D eigenvalue weighted by molar-refractivity contribution is 0.192. The largest absolute Gasteiger partial charge is 0.368 e. The monoisotopic (exact) mass is 333 g/mol. The smallest absolute Gasteiger partial charge is 0.321 e. The fourth-order valence-corrected chi connectivity index (χ4v) is 2.85. The van der Waals surface area contributed by atoms with Gasteiger partial charge in [-0.2, -0.15) is 0 Å². The van der Waals surface area contributed by atoms with Crippen molar-refractivity contribution in [1.29, 1.82) is 0 Å². The van der Waals surface area contributed by atoms with Crippen LogP contribution in [0.4, 0.5) is 25.2 Å². The Hall–Kier alpha value is -2.77. The summed E-state index contributed by atoms with van der Waals surface area (Å²) in [6.45, 7) is 1.03. The molecule has 0 bridgehead atoms. The fourth-order valence-electron chi connectivity index (χ4n) is 2.85. The molecule has 3 rings (SSSR count). The van der Waals surface area contributed by atoms with E-state index in [2.05, 4.69) is 15.3 Å². The molecule has 0 unspecified atom stereocenters. The number of amides is 2. The van der Waals surface area contributed by atoms with Crippen LogP contribution in [0.1, 0.15) is 24.5 Å². The number of hydrogen-bond acceptors (Lipinski definition) is 4. The molecule has 1 saturated heterocycles. The lowest BCUT2D eigenvalue weighted by Gasteiger charge is -2.32. The number of rotatable bonds is 2. The summed E-state index contributed by atoms with van der Waals surface area (Å²) >= 11 is 0. The van der Waals surface area contributed by atoms with E-state index in [9.17, 15) is 13.6 Å². The first-order valence-corrected chi connectivity index (χ1v) is 7.62. The maximum absolute atomic E-state index is 13.2. The van der Waals surface area contributed by atoms with E-state index in [-0.39, 0.29) is 17.6 Å². The van der Waals surface area contributed by atoms with Crippen LogP contribution in [0.25, 0.3) is 0 Å². The van der Waals surface area contributed by atoms with Gasteiger partial charge in [-0.3, -0.25) is 0 Å². The first-order valence-electron chi connectivity index (χ1n) is 7.62. The second kappa shape index (κ2) is 6.77. The zero-order valence-corrected chi connectivity index (χ0v) is 12.9. The SMILES string of the molecule is Nc1nccc([C@H]2CCCN(C(=O)Nc3cc(F)cc(F)c3)C2)n1. The van der Waals surface area contributed by atoms with Gasteiger partial charge < -0.3 is 16.0 Å². The van der Waals surface area contributed by atoms with Crippen LogP contribution >= 0.6 is 0 Å². The Morgan fingerprint density at radius 2 is 2.04 bits per heavy atom. The van der Waals surface area contributed by atoms with Crippen LogP contribution in [0.2, 0.25) is 0 Å². The summed E-state index contributed by atoms with van der Waals surface area (Å²) in [5, 5.41) is 2.53. The topological polar surface area (TPSA) is 84.1 Å². The number of nitrogens with zero attached hydrogens (tertiary/aromatic N) is 3. The van der Waals surface area contributed by atoms with Gasteiger partial charge in [-0.15, -0.1) is 0 Å². The van der Waals surface area contributed by atoms with Gasteiger partial charge >= 0.3 is 6.03 Å². The van der Waals surface area contributed by atoms with Crippen molar-refractivity contribution in [2.24, 2.45) is 0 Å². The highest BCUT2D eigenvalue weighted by molar-refractivity contribution is 5.89. The molecule has 1 aliphatic rings. The minimum absolute atomic E-state index is 0.0547. The average molecular weight is 333 g/mol. The molecule has 0 aliphatic carbocycles. The number of benzene rings is 1. The molecule has 2 heterocycles. The zero-order valence-electron chi connectivity index (χ0n) is 12.9. The molecule has 24 heavy (non-hydrogen) atoms. The first-order chi connectivity index (χ1) is 11.5. The molecule has 1 aliphatic heterocycles. The van der Waals surface area contributed by atoms with E-state index in [0.717, 1.165) is 36.7 Å². The number of nitrogens with one attached hydrogen (secondary N) is 1. The third-order valence-electron chi connectivity index (χ3n) is 3.94. The van der Waals surface area contributed by atoms with Crippen LogP contribution in [-0.4, -0.2) is 34.0 Å². The van der Waals surface area contributed by atoms with Gasteiger partial charge in [-0.25, -0.2) is 23.5 Å². The summed E-state index contributed by atoms with van der Waals surface area (Å²) in [6.07, 6.45) is 3.28. The van der Waals surface area contributed by atoms with Crippen LogP contribution in [0.3, 0.4) is 0 Å². The van der Waals surface area contributed by atoms with Crippen LogP contribution in [0.5, 0.6) is 0 Å². The lowest BCUT2D eigenvalue weighted by atomic mass is 9.95. The maximum Gasteiger partial charge on any atom is 0.321 e. The number of nitrogens with two attached hydrogens (primary N) is 1. The van der Waals surface area contributed by atoms with E-state index in [4.69, 9.17) is 5.73 Å². The van der Waals surface area contributed by atoms with Crippen molar-refractivity contribution in [1.82, 2.24) is 14.9 Å². The van der Waals surface area contributed by atoms with Crippen LogP contribution in [0.15, 0.2) is 30.5 Å². The minimum Gasteiger partial charge on any atom is -0.368 e. The van der Waals surface area contributed by atoms with E-state index >= 15 is 0 Å². The molecule has 1 aromatic heterocycles. The fraction of sp³-hybridized carbons (Fsp3) is 0.312. The van der Waals surface area contributed by atoms with Gasteiger partial charge in [0.05, 0.1) is 5.69 Å². The van der Waals surface area contributed by atoms with Crippen molar-refractivity contribution in [3.63, 3.8) is 0 Å². The summed E-state index contributed by atoms with van der Waals surface area (Å²) < 4.78 is 26.4. The molecule has 3 N–H and O–H groups in total. The Balaban J connectivity index is 1.69. The number of hydrogen-bond donors (Lipinski definition) is 2. The molecule has 0 spiro atoms. The number of carbonyl (C=O) groups is 1. The summed E-state index contributed by atoms with van der Waals surface area (Å²) in [5.41, 5.74) is 6.48. The summed E-state index contributed by atoms with van der Waals surface area (Å²) in [4.78, 5) is 22.0. The van der Waals surface area contributed by atoms with E-state index in [0.29, 0.717) is 13.1 Å². The van der Waals surface area contributed by atoms with Crippen molar-refractivity contribution in [3.8, 4) is 0 Å². The quantitative estimate of drug-likeness (QED) is 0.885. The van der Waals surface area contributed by atoms with Crippen LogP contribution < -0.4 is 11.1 Å². The van der Waals surface area contributed by atoms with Crippen LogP contribution in [-0.2, 0) is 0 Å². The van der Waals surface area contributed by atoms with Crippen molar-refractivity contribution in [2.75, 3.05) is 24.1 Å². The molecule has 2 aromatic rings. The normalized spacial score (nSPS) is 17.6. The molecule has 2 amide bonds. The van der Waals surface area contributed by atoms with E-state index < -0.39 is 17.7 Å². The average Bonchev–Trinajstić information content (AvgIpc) is 2.54. The van der Waals surface area contributed by atoms with Crippen molar-refractivity contribution >= 4 is 17.7 Å². The summed E-state index contributed by atoms with van der Waals surface area (Å²) in [7, 11) is 0. The highest BCUT2D eigenvalue weighted by Crippen LogP contribution is 2.26. The highest BCUT2D eigenvalue weighted by Gasteiger charge is 2.26. The number of carbonyl (C=O) groups excluding carboxylic acids is 1. The predicted molar refractivity (Wildman–Crippen MR) is 85.4 cm³/mol. The number of halogens is 2. The van der Waals surface area contributed by atoms with Gasteiger partial charge in [-0.1, -0.05) is 0 Å². The van der Waals surface area contributed by atoms with Gasteiger partial charge in [0.1, 0.15) is 11.6 Å². The number of urea groups is 1. The molecule has 1 atom stereocenters. The zero-order chi connectivity index (χ0) is 17.1. The molecular weight excluding hydrogens is 316 g/mol. The number of aromatic nitrogens is 2. The summed E-state index contributed by atoms with van der Waals surface area (Å²) in [6, 6.07) is 4.30. The molecular formula is C16H17F2N5O. The second-order valence-corrected chi connectivity index (χ2v) is 5.71. The molecule has 0 radical (unpaired) electrons. The Bertz CT molecular complexity index is 735. The third kappa shape index (κ3) is 3.76. The Morgan fingerprint density at radius 3 is 2.75 bits per heavy atom. The Morgan fingerprint density at radius 1 is 1.29 bits per heavy atom. The minimum atomic E-state index is -0.738. The third-order valence-corrected chi connectivity index (χ3v) is 3.94. The van der Waals surface area contributed by atoms with Crippen molar-refractivity contribution in [2.45, 2.75) is 18.8 Å². The summed E-state index contributed by atoms with van der Waals surface area (Å²) in [5.74, 6) is -1.22. The number of likely N-dealkylation sites (tertiary alicyclic amines) is 1. The Labute approximate surface area is 137 Å². The van der Waals surface area contributed by atoms with Crippen molar-refractivity contribution < 1.29 is 13.6 Å². The Kier molecular flexibility index (Phi) is 4.54. The van der Waals surface area contributed by atoms with E-state index in [1.165, 1.54) is 0 Å². The first kappa shape index (κ1) is 16.1. The van der Waals surface area contributed by atoms with Gasteiger partial charge in [0.25, 0.3) is 0 Å². The highest BCUT2D eigenvalue weighted by atomic mass is 19.1. The molecule has 126 valence electrons. The second-order valence-electron chi connectivity index (χ2n) is 5.71. The van der Waals surface area contributed by atoms with Gasteiger partial charge in [-0.05, 0) is 31.0 Å². The maximum atomic E-state index is 13.2. The molecule has 6 nitrogen and oxygen atoms in total. The van der Waals surface area contributed by atoms with Gasteiger partial charge in [0, 0.05) is 37.0 Å².